The summed E-state index contributed by atoms with van der Waals surface area (Å²) in [5.41, 5.74) is 0.782. The van der Waals surface area contributed by atoms with Crippen LogP contribution in [0.5, 0.6) is 0 Å². The molecule has 3 nitrogen and oxygen atoms in total. The summed E-state index contributed by atoms with van der Waals surface area (Å²) in [6.07, 6.45) is 1.51. The van der Waals surface area contributed by atoms with E-state index in [1.807, 2.05) is 18.2 Å². The van der Waals surface area contributed by atoms with Crippen LogP contribution in [-0.4, -0.2) is 23.1 Å². The van der Waals surface area contributed by atoms with Crippen LogP contribution >= 0.6 is 11.6 Å². The molecule has 4 heteroatoms. The van der Waals surface area contributed by atoms with Crippen molar-refractivity contribution in [3.63, 3.8) is 0 Å². The number of fused-ring (bicyclic) bond motifs is 1. The number of rotatable bonds is 1. The molecule has 0 radical (unpaired) electrons. The molecule has 3 rings (SSSR count). The molecule has 0 bridgehead atoms. The van der Waals surface area contributed by atoms with E-state index in [1.54, 1.807) is 11.0 Å². The van der Waals surface area contributed by atoms with Crippen molar-refractivity contribution in [2.45, 2.75) is 18.4 Å². The lowest BCUT2D eigenvalue weighted by Gasteiger charge is -2.22. The van der Waals surface area contributed by atoms with E-state index in [-0.39, 0.29) is 17.6 Å². The molecule has 0 atom stereocenters. The Bertz CT molecular complexity index is 494. The monoisotopic (exact) mass is 235 g/mol. The topological polar surface area (TPSA) is 37.4 Å². The Morgan fingerprint density at radius 1 is 1.38 bits per heavy atom. The van der Waals surface area contributed by atoms with Crippen molar-refractivity contribution < 1.29 is 9.59 Å². The highest BCUT2D eigenvalue weighted by Gasteiger charge is 2.61. The Hall–Kier alpha value is -1.35. The molecule has 16 heavy (non-hydrogen) atoms. The molecular formula is C12H10ClNO2. The third-order valence-electron chi connectivity index (χ3n) is 3.33. The molecule has 1 spiro atoms. The molecule has 0 N–H and O–H groups in total. The summed E-state index contributed by atoms with van der Waals surface area (Å²) in [5.74, 6) is -0.192. The average molecular weight is 236 g/mol. The van der Waals surface area contributed by atoms with Crippen molar-refractivity contribution >= 4 is 29.0 Å². The van der Waals surface area contributed by atoms with Crippen LogP contribution in [0.4, 0.5) is 5.69 Å². The van der Waals surface area contributed by atoms with E-state index in [0.29, 0.717) is 5.56 Å². The number of anilines is 1. The number of alkyl halides is 1. The van der Waals surface area contributed by atoms with Gasteiger partial charge in [0.1, 0.15) is 11.4 Å². The van der Waals surface area contributed by atoms with Gasteiger partial charge in [0.15, 0.2) is 5.78 Å². The van der Waals surface area contributed by atoms with Gasteiger partial charge in [-0.15, -0.1) is 11.6 Å². The Morgan fingerprint density at radius 3 is 2.69 bits per heavy atom. The zero-order valence-electron chi connectivity index (χ0n) is 8.57. The van der Waals surface area contributed by atoms with Crippen LogP contribution in [0, 0.1) is 0 Å². The van der Waals surface area contributed by atoms with Crippen LogP contribution in [0.1, 0.15) is 23.2 Å². The largest absolute Gasteiger partial charge is 0.297 e. The number of Topliss-reactive ketones (excluding diaryl/α,β-unsaturated/α-hetero) is 1. The van der Waals surface area contributed by atoms with E-state index < -0.39 is 5.54 Å². The van der Waals surface area contributed by atoms with Crippen LogP contribution < -0.4 is 4.90 Å². The quantitative estimate of drug-likeness (QED) is 0.698. The van der Waals surface area contributed by atoms with Gasteiger partial charge in [0.05, 0.1) is 5.69 Å². The van der Waals surface area contributed by atoms with Crippen molar-refractivity contribution in [1.29, 1.82) is 0 Å². The number of para-hydroxylation sites is 1. The lowest BCUT2D eigenvalue weighted by molar-refractivity contribution is -0.116. The number of carbonyl (C=O) groups excluding carboxylic acids is 2. The van der Waals surface area contributed by atoms with Crippen molar-refractivity contribution in [2.75, 3.05) is 10.8 Å². The lowest BCUT2D eigenvalue weighted by atomic mass is 10.1. The van der Waals surface area contributed by atoms with Gasteiger partial charge in [-0.05, 0) is 25.0 Å². The van der Waals surface area contributed by atoms with Crippen molar-refractivity contribution in [2.24, 2.45) is 0 Å². The maximum atomic E-state index is 12.2. The van der Waals surface area contributed by atoms with Gasteiger partial charge >= 0.3 is 0 Å². The SMILES string of the molecule is O=C(CCl)N1c2ccccc2C(=O)C12CC2. The summed E-state index contributed by atoms with van der Waals surface area (Å²) in [6.45, 7) is 0. The summed E-state index contributed by atoms with van der Waals surface area (Å²) in [5, 5.41) is 0. The second-order valence-corrected chi connectivity index (χ2v) is 4.51. The summed E-state index contributed by atoms with van der Waals surface area (Å²) in [7, 11) is 0. The molecule has 2 aliphatic rings. The first-order chi connectivity index (χ1) is 7.70. The molecule has 1 aliphatic carbocycles. The van der Waals surface area contributed by atoms with Crippen LogP contribution in [0.2, 0.25) is 0 Å². The Balaban J connectivity index is 2.17. The molecule has 1 saturated carbocycles. The highest BCUT2D eigenvalue weighted by molar-refractivity contribution is 6.32. The van der Waals surface area contributed by atoms with Gasteiger partial charge < -0.3 is 0 Å². The van der Waals surface area contributed by atoms with Gasteiger partial charge in [-0.1, -0.05) is 12.1 Å². The number of halogens is 1. The van der Waals surface area contributed by atoms with E-state index in [9.17, 15) is 9.59 Å². The number of hydrogen-bond acceptors (Lipinski definition) is 2. The van der Waals surface area contributed by atoms with Crippen molar-refractivity contribution in [3.05, 3.63) is 29.8 Å². The predicted octanol–water partition coefficient (Wildman–Crippen LogP) is 1.99. The van der Waals surface area contributed by atoms with Gasteiger partial charge in [0.2, 0.25) is 5.91 Å². The van der Waals surface area contributed by atoms with E-state index in [1.165, 1.54) is 0 Å². The zero-order valence-corrected chi connectivity index (χ0v) is 9.33. The Labute approximate surface area is 98.0 Å². The maximum absolute atomic E-state index is 12.2. The standard InChI is InChI=1S/C12H10ClNO2/c13-7-10(15)14-9-4-2-1-3-8(9)11(16)12(14)5-6-12/h1-4H,5-7H2. The molecule has 1 fully saturated rings. The fourth-order valence-electron chi connectivity index (χ4n) is 2.45. The third kappa shape index (κ3) is 1.04. The van der Waals surface area contributed by atoms with E-state index in [2.05, 4.69) is 0 Å². The number of nitrogens with zero attached hydrogens (tertiary/aromatic N) is 1. The zero-order chi connectivity index (χ0) is 11.3. The van der Waals surface area contributed by atoms with Gasteiger partial charge in [-0.3, -0.25) is 14.5 Å². The minimum atomic E-state index is -0.588. The molecule has 0 aromatic heterocycles. The van der Waals surface area contributed by atoms with Crippen molar-refractivity contribution in [1.82, 2.24) is 0 Å². The van der Waals surface area contributed by atoms with Crippen LogP contribution in [0.25, 0.3) is 0 Å². The summed E-state index contributed by atoms with van der Waals surface area (Å²) in [4.78, 5) is 25.6. The first-order valence-electron chi connectivity index (χ1n) is 5.23. The Kier molecular flexibility index (Phi) is 1.89. The Morgan fingerprint density at radius 2 is 2.06 bits per heavy atom. The molecule has 1 amide bonds. The number of carbonyl (C=O) groups is 2. The average Bonchev–Trinajstić information content (AvgIpc) is 3.05. The van der Waals surface area contributed by atoms with Gasteiger partial charge in [0.25, 0.3) is 0 Å². The third-order valence-corrected chi connectivity index (χ3v) is 3.56. The summed E-state index contributed by atoms with van der Waals surface area (Å²) >= 11 is 5.60. The second kappa shape index (κ2) is 3.08. The normalized spacial score (nSPS) is 20.1. The minimum Gasteiger partial charge on any atom is -0.297 e. The summed E-state index contributed by atoms with van der Waals surface area (Å²) < 4.78 is 0. The van der Waals surface area contributed by atoms with E-state index in [4.69, 9.17) is 11.6 Å². The lowest BCUT2D eigenvalue weighted by Crippen LogP contribution is -2.43. The minimum absolute atomic E-state index is 0.0709. The van der Waals surface area contributed by atoms with Crippen molar-refractivity contribution in [3.8, 4) is 0 Å². The van der Waals surface area contributed by atoms with Crippen LogP contribution in [-0.2, 0) is 4.79 Å². The van der Waals surface area contributed by atoms with E-state index >= 15 is 0 Å². The smallest absolute Gasteiger partial charge is 0.242 e. The molecule has 1 aromatic rings. The number of amides is 1. The molecule has 1 aromatic carbocycles. The van der Waals surface area contributed by atoms with Gasteiger partial charge in [-0.25, -0.2) is 0 Å². The molecule has 82 valence electrons. The number of benzene rings is 1. The molecule has 0 unspecified atom stereocenters. The number of ketones is 1. The molecule has 0 saturated heterocycles. The van der Waals surface area contributed by atoms with Crippen LogP contribution in [0.3, 0.4) is 0 Å². The number of hydrogen-bond donors (Lipinski definition) is 0. The first-order valence-corrected chi connectivity index (χ1v) is 5.77. The van der Waals surface area contributed by atoms with Crippen LogP contribution in [0.15, 0.2) is 24.3 Å². The molecule has 1 aliphatic heterocycles. The fraction of sp³-hybridized carbons (Fsp3) is 0.333. The first kappa shape index (κ1) is 9.85. The highest BCUT2D eigenvalue weighted by atomic mass is 35.5. The predicted molar refractivity (Wildman–Crippen MR) is 60.9 cm³/mol. The van der Waals surface area contributed by atoms with Gasteiger partial charge in [-0.2, -0.15) is 0 Å². The maximum Gasteiger partial charge on any atom is 0.242 e. The molecule has 1 heterocycles. The van der Waals surface area contributed by atoms with Gasteiger partial charge in [0, 0.05) is 5.56 Å². The highest BCUT2D eigenvalue weighted by Crippen LogP contribution is 2.52. The second-order valence-electron chi connectivity index (χ2n) is 4.24. The fourth-order valence-corrected chi connectivity index (χ4v) is 2.56. The summed E-state index contributed by atoms with van der Waals surface area (Å²) in [6, 6.07) is 7.24. The van der Waals surface area contributed by atoms with E-state index in [0.717, 1.165) is 18.5 Å². The molecular weight excluding hydrogens is 226 g/mol.